The van der Waals surface area contributed by atoms with Crippen molar-refractivity contribution in [2.24, 2.45) is 5.41 Å². The molecule has 2 rings (SSSR count). The summed E-state index contributed by atoms with van der Waals surface area (Å²) in [4.78, 5) is 36.4. The van der Waals surface area contributed by atoms with Crippen LogP contribution in [0.1, 0.15) is 42.6 Å². The summed E-state index contributed by atoms with van der Waals surface area (Å²) < 4.78 is 0. The van der Waals surface area contributed by atoms with Gasteiger partial charge in [-0.1, -0.05) is 13.8 Å². The smallest absolute Gasteiger partial charge is 0.335 e. The second-order valence-corrected chi connectivity index (χ2v) is 5.95. The number of carboxylic acids is 1. The minimum absolute atomic E-state index is 0.142. The lowest BCUT2D eigenvalue weighted by atomic mass is 9.81. The Morgan fingerprint density at radius 3 is 2.20 bits per heavy atom. The number of hydrogen-bond donors (Lipinski definition) is 1. The monoisotopic (exact) mass is 275 g/mol. The summed E-state index contributed by atoms with van der Waals surface area (Å²) in [5.74, 6) is -1.51. The predicted octanol–water partition coefficient (Wildman–Crippen LogP) is 2.37. The molecule has 0 saturated carbocycles. The van der Waals surface area contributed by atoms with E-state index in [1.807, 2.05) is 13.8 Å². The van der Waals surface area contributed by atoms with Gasteiger partial charge >= 0.3 is 5.97 Å². The van der Waals surface area contributed by atoms with Crippen LogP contribution in [0, 0.1) is 12.3 Å². The van der Waals surface area contributed by atoms with E-state index in [1.165, 1.54) is 23.1 Å². The van der Waals surface area contributed by atoms with Crippen LogP contribution in [-0.4, -0.2) is 22.9 Å². The first-order valence-corrected chi connectivity index (χ1v) is 6.41. The fourth-order valence-corrected chi connectivity index (χ4v) is 2.49. The number of aryl methyl sites for hydroxylation is 1. The van der Waals surface area contributed by atoms with Crippen molar-refractivity contribution in [2.45, 2.75) is 33.6 Å². The Balaban J connectivity index is 2.39. The number of nitrogens with zero attached hydrogens (tertiary/aromatic N) is 1. The zero-order valence-electron chi connectivity index (χ0n) is 11.8. The summed E-state index contributed by atoms with van der Waals surface area (Å²) >= 11 is 0. The molecule has 1 aliphatic heterocycles. The van der Waals surface area contributed by atoms with E-state index in [1.54, 1.807) is 6.92 Å². The Labute approximate surface area is 117 Å². The van der Waals surface area contributed by atoms with Crippen molar-refractivity contribution in [1.82, 2.24) is 0 Å². The van der Waals surface area contributed by atoms with Gasteiger partial charge in [0.2, 0.25) is 11.8 Å². The third-order valence-corrected chi connectivity index (χ3v) is 3.44. The minimum atomic E-state index is -1.03. The molecule has 0 unspecified atom stereocenters. The van der Waals surface area contributed by atoms with Crippen molar-refractivity contribution in [3.05, 3.63) is 29.3 Å². The van der Waals surface area contributed by atoms with Crippen molar-refractivity contribution in [1.29, 1.82) is 0 Å². The molecule has 2 amide bonds. The Morgan fingerprint density at radius 1 is 1.20 bits per heavy atom. The Morgan fingerprint density at radius 2 is 1.75 bits per heavy atom. The number of imide groups is 1. The van der Waals surface area contributed by atoms with E-state index in [0.717, 1.165) is 0 Å². The maximum absolute atomic E-state index is 12.2. The van der Waals surface area contributed by atoms with E-state index in [2.05, 4.69) is 0 Å². The van der Waals surface area contributed by atoms with Gasteiger partial charge in [-0.2, -0.15) is 0 Å². The van der Waals surface area contributed by atoms with E-state index < -0.39 is 5.97 Å². The highest BCUT2D eigenvalue weighted by Crippen LogP contribution is 2.35. The van der Waals surface area contributed by atoms with Crippen LogP contribution in [-0.2, 0) is 9.59 Å². The number of carbonyl (C=O) groups is 3. The van der Waals surface area contributed by atoms with E-state index in [9.17, 15) is 14.4 Å². The lowest BCUT2D eigenvalue weighted by Crippen LogP contribution is -2.46. The van der Waals surface area contributed by atoms with Gasteiger partial charge in [-0.25, -0.2) is 4.79 Å². The summed E-state index contributed by atoms with van der Waals surface area (Å²) in [7, 11) is 0. The summed E-state index contributed by atoms with van der Waals surface area (Å²) in [6, 6.07) is 4.40. The van der Waals surface area contributed by atoms with Gasteiger partial charge in [0.25, 0.3) is 0 Å². The molecule has 1 aromatic rings. The van der Waals surface area contributed by atoms with E-state index in [0.29, 0.717) is 24.1 Å². The first kappa shape index (κ1) is 14.2. The summed E-state index contributed by atoms with van der Waals surface area (Å²) in [6.07, 6.45) is 0.609. The standard InChI is InChI=1S/C15H17NO4/c1-9-6-10(14(19)20)4-5-11(9)16-12(17)7-15(2,3)8-13(16)18/h4-6H,7-8H2,1-3H3,(H,19,20). The van der Waals surface area contributed by atoms with Gasteiger partial charge in [-0.3, -0.25) is 14.5 Å². The molecule has 20 heavy (non-hydrogen) atoms. The molecule has 1 aromatic carbocycles. The molecule has 0 radical (unpaired) electrons. The number of carbonyl (C=O) groups excluding carboxylic acids is 2. The van der Waals surface area contributed by atoms with E-state index in [-0.39, 0.29) is 22.8 Å². The quantitative estimate of drug-likeness (QED) is 0.841. The van der Waals surface area contributed by atoms with Crippen LogP contribution in [0.5, 0.6) is 0 Å². The maximum atomic E-state index is 12.2. The van der Waals surface area contributed by atoms with Gasteiger partial charge in [0.15, 0.2) is 0 Å². The highest BCUT2D eigenvalue weighted by atomic mass is 16.4. The largest absolute Gasteiger partial charge is 0.478 e. The molecule has 5 nitrogen and oxygen atoms in total. The molecule has 1 N–H and O–H groups in total. The molecule has 1 saturated heterocycles. The third kappa shape index (κ3) is 2.57. The van der Waals surface area contributed by atoms with Crippen LogP contribution in [0.15, 0.2) is 18.2 Å². The van der Waals surface area contributed by atoms with Gasteiger partial charge in [0, 0.05) is 12.8 Å². The molecular weight excluding hydrogens is 258 g/mol. The number of amides is 2. The fourth-order valence-electron chi connectivity index (χ4n) is 2.49. The van der Waals surface area contributed by atoms with Gasteiger partial charge < -0.3 is 5.11 Å². The average Bonchev–Trinajstić information content (AvgIpc) is 2.28. The van der Waals surface area contributed by atoms with Crippen LogP contribution in [0.4, 0.5) is 5.69 Å². The average molecular weight is 275 g/mol. The molecule has 1 aliphatic rings. The van der Waals surface area contributed by atoms with Gasteiger partial charge in [-0.05, 0) is 36.1 Å². The number of rotatable bonds is 2. The number of carboxylic acid groups (broad SMARTS) is 1. The van der Waals surface area contributed by atoms with Gasteiger partial charge in [0.05, 0.1) is 11.3 Å². The topological polar surface area (TPSA) is 74.7 Å². The normalized spacial score (nSPS) is 18.2. The van der Waals surface area contributed by atoms with Crippen molar-refractivity contribution >= 4 is 23.5 Å². The third-order valence-electron chi connectivity index (χ3n) is 3.44. The molecule has 1 heterocycles. The number of aromatic carboxylic acids is 1. The van der Waals surface area contributed by atoms with Crippen LogP contribution in [0.2, 0.25) is 0 Å². The maximum Gasteiger partial charge on any atom is 0.335 e. The molecule has 0 spiro atoms. The first-order valence-electron chi connectivity index (χ1n) is 6.41. The van der Waals surface area contributed by atoms with Crippen molar-refractivity contribution in [2.75, 3.05) is 4.90 Å². The van der Waals surface area contributed by atoms with Crippen LogP contribution < -0.4 is 4.90 Å². The zero-order chi connectivity index (χ0) is 15.1. The summed E-state index contributed by atoms with van der Waals surface area (Å²) in [5, 5.41) is 8.94. The lowest BCUT2D eigenvalue weighted by molar-refractivity contribution is -0.132. The van der Waals surface area contributed by atoms with Gasteiger partial charge in [0.1, 0.15) is 0 Å². The Bertz CT molecular complexity index is 584. The SMILES string of the molecule is Cc1cc(C(=O)O)ccc1N1C(=O)CC(C)(C)CC1=O. The van der Waals surface area contributed by atoms with E-state index >= 15 is 0 Å². The number of anilines is 1. The second-order valence-electron chi connectivity index (χ2n) is 5.95. The van der Waals surface area contributed by atoms with Gasteiger partial charge in [-0.15, -0.1) is 0 Å². The van der Waals surface area contributed by atoms with Crippen LogP contribution in [0.25, 0.3) is 0 Å². The van der Waals surface area contributed by atoms with E-state index in [4.69, 9.17) is 5.11 Å². The second kappa shape index (κ2) is 4.74. The number of hydrogen-bond acceptors (Lipinski definition) is 3. The Kier molecular flexibility index (Phi) is 3.38. The molecule has 5 heteroatoms. The summed E-state index contributed by atoms with van der Waals surface area (Å²) in [5.41, 5.74) is 0.898. The zero-order valence-corrected chi connectivity index (χ0v) is 11.8. The fraction of sp³-hybridized carbons (Fsp3) is 0.400. The first-order chi connectivity index (χ1) is 9.21. The van der Waals surface area contributed by atoms with Crippen molar-refractivity contribution in [3.63, 3.8) is 0 Å². The lowest BCUT2D eigenvalue weighted by Gasteiger charge is -2.35. The molecule has 106 valence electrons. The summed E-state index contributed by atoms with van der Waals surface area (Å²) in [6.45, 7) is 5.48. The van der Waals surface area contributed by atoms with Crippen molar-refractivity contribution < 1.29 is 19.5 Å². The molecule has 1 fully saturated rings. The highest BCUT2D eigenvalue weighted by Gasteiger charge is 2.38. The molecule has 0 atom stereocenters. The molecular formula is C15H17NO4. The number of benzene rings is 1. The highest BCUT2D eigenvalue weighted by molar-refractivity contribution is 6.17. The van der Waals surface area contributed by atoms with Crippen LogP contribution >= 0.6 is 0 Å². The molecule has 0 aliphatic carbocycles. The Hall–Kier alpha value is -2.17. The van der Waals surface area contributed by atoms with Crippen molar-refractivity contribution in [3.8, 4) is 0 Å². The van der Waals surface area contributed by atoms with Crippen LogP contribution in [0.3, 0.4) is 0 Å². The molecule has 0 bridgehead atoms. The molecule has 0 aromatic heterocycles. The predicted molar refractivity (Wildman–Crippen MR) is 73.6 cm³/mol. The number of piperidine rings is 1. The minimum Gasteiger partial charge on any atom is -0.478 e.